The Labute approximate surface area is 242 Å². The minimum Gasteiger partial charge on any atom is -0.415 e. The lowest BCUT2D eigenvalue weighted by molar-refractivity contribution is -0.385. The number of hydrogen-bond acceptors (Lipinski definition) is 7. The van der Waals surface area contributed by atoms with Crippen LogP contribution in [0.5, 0.6) is 5.75 Å². The number of nitrogens with zero attached hydrogens (tertiary/aromatic N) is 2. The molecule has 0 aliphatic heterocycles. The van der Waals surface area contributed by atoms with Crippen molar-refractivity contribution in [3.8, 4) is 5.75 Å². The van der Waals surface area contributed by atoms with Crippen LogP contribution in [0.1, 0.15) is 47.8 Å². The van der Waals surface area contributed by atoms with Crippen molar-refractivity contribution in [3.63, 3.8) is 0 Å². The summed E-state index contributed by atoms with van der Waals surface area (Å²) in [5, 5.41) is 18.0. The second-order valence-corrected chi connectivity index (χ2v) is 9.02. The standard InChI is InChI=1S/C30H21F3N4O6/c1-18-8-10-19(11-9-18)27(38)35-24-14-12-20(13-15-24)28(39)36-34-17-22-5-3-7-25(37(41)42)26(22)43-29(40)21-4-2-6-23(16-21)30(31,32)33/h2-17H,1H3,(H,35,38)(H,36,39)/b34-17+. The monoisotopic (exact) mass is 590 g/mol. The van der Waals surface area contributed by atoms with E-state index in [0.29, 0.717) is 17.3 Å². The Morgan fingerprint density at radius 2 is 1.49 bits per heavy atom. The molecule has 0 atom stereocenters. The van der Waals surface area contributed by atoms with Crippen molar-refractivity contribution in [2.24, 2.45) is 5.10 Å². The molecule has 0 saturated carbocycles. The number of halogens is 3. The summed E-state index contributed by atoms with van der Waals surface area (Å²) in [5.74, 6) is -2.85. The lowest BCUT2D eigenvalue weighted by Crippen LogP contribution is -2.18. The lowest BCUT2D eigenvalue weighted by Gasteiger charge is -2.10. The third kappa shape index (κ3) is 7.67. The summed E-state index contributed by atoms with van der Waals surface area (Å²) >= 11 is 0. The number of nitro benzene ring substituents is 1. The van der Waals surface area contributed by atoms with Crippen LogP contribution in [0.4, 0.5) is 24.5 Å². The second kappa shape index (κ2) is 12.8. The molecule has 10 nitrogen and oxygen atoms in total. The van der Waals surface area contributed by atoms with Gasteiger partial charge in [-0.1, -0.05) is 29.8 Å². The molecule has 0 radical (unpaired) electrons. The molecule has 0 aliphatic carbocycles. The Kier molecular flexibility index (Phi) is 8.94. The van der Waals surface area contributed by atoms with Crippen LogP contribution in [0, 0.1) is 17.0 Å². The fraction of sp³-hybridized carbons (Fsp3) is 0.0667. The smallest absolute Gasteiger partial charge is 0.415 e. The number of aryl methyl sites for hydroxylation is 1. The normalized spacial score (nSPS) is 11.2. The average molecular weight is 591 g/mol. The van der Waals surface area contributed by atoms with Crippen LogP contribution in [0.15, 0.2) is 96.1 Å². The highest BCUT2D eigenvalue weighted by Gasteiger charge is 2.31. The minimum atomic E-state index is -4.72. The maximum absolute atomic E-state index is 13.1. The van der Waals surface area contributed by atoms with E-state index in [-0.39, 0.29) is 17.0 Å². The van der Waals surface area contributed by atoms with Gasteiger partial charge >= 0.3 is 17.8 Å². The molecule has 0 saturated heterocycles. The van der Waals surface area contributed by atoms with E-state index in [0.717, 1.165) is 36.0 Å². The molecule has 0 bridgehead atoms. The number of nitrogens with one attached hydrogen (secondary N) is 2. The summed E-state index contributed by atoms with van der Waals surface area (Å²) in [7, 11) is 0. The highest BCUT2D eigenvalue weighted by atomic mass is 19.4. The van der Waals surface area contributed by atoms with Crippen LogP contribution in [0.25, 0.3) is 0 Å². The quantitative estimate of drug-likeness (QED) is 0.0829. The van der Waals surface area contributed by atoms with Gasteiger partial charge < -0.3 is 10.1 Å². The maximum Gasteiger partial charge on any atom is 0.416 e. The number of carbonyl (C=O) groups is 3. The van der Waals surface area contributed by atoms with E-state index in [9.17, 15) is 37.7 Å². The number of amides is 2. The van der Waals surface area contributed by atoms with Crippen molar-refractivity contribution in [2.75, 3.05) is 5.32 Å². The fourth-order valence-corrected chi connectivity index (χ4v) is 3.71. The van der Waals surface area contributed by atoms with E-state index in [1.54, 1.807) is 24.3 Å². The van der Waals surface area contributed by atoms with E-state index in [2.05, 4.69) is 15.8 Å². The Hall–Kier alpha value is -5.85. The predicted molar refractivity (Wildman–Crippen MR) is 150 cm³/mol. The van der Waals surface area contributed by atoms with Gasteiger partial charge in [-0.3, -0.25) is 19.7 Å². The molecule has 4 aromatic rings. The molecule has 4 rings (SSSR count). The van der Waals surface area contributed by atoms with Gasteiger partial charge in [0.15, 0.2) is 0 Å². The number of esters is 1. The molecular weight excluding hydrogens is 569 g/mol. The highest BCUT2D eigenvalue weighted by Crippen LogP contribution is 2.32. The van der Waals surface area contributed by atoms with Gasteiger partial charge in [0.2, 0.25) is 5.75 Å². The van der Waals surface area contributed by atoms with Crippen molar-refractivity contribution < 1.29 is 37.2 Å². The molecule has 218 valence electrons. The average Bonchev–Trinajstić information content (AvgIpc) is 2.98. The van der Waals surface area contributed by atoms with Gasteiger partial charge in [0.25, 0.3) is 11.8 Å². The van der Waals surface area contributed by atoms with E-state index >= 15 is 0 Å². The topological polar surface area (TPSA) is 140 Å². The first kappa shape index (κ1) is 30.1. The number of anilines is 1. The summed E-state index contributed by atoms with van der Waals surface area (Å²) in [5.41, 5.74) is 1.96. The van der Waals surface area contributed by atoms with Crippen LogP contribution >= 0.6 is 0 Å². The third-order valence-corrected chi connectivity index (χ3v) is 5.93. The number of nitro groups is 1. The van der Waals surface area contributed by atoms with Crippen molar-refractivity contribution in [1.82, 2.24) is 5.43 Å². The van der Waals surface area contributed by atoms with Crippen LogP contribution in [0.2, 0.25) is 0 Å². The molecule has 0 aromatic heterocycles. The van der Waals surface area contributed by atoms with Gasteiger partial charge in [0.05, 0.1) is 22.3 Å². The van der Waals surface area contributed by atoms with E-state index in [1.165, 1.54) is 36.4 Å². The molecule has 0 spiro atoms. The first-order chi connectivity index (χ1) is 20.4. The van der Waals surface area contributed by atoms with Gasteiger partial charge in [-0.2, -0.15) is 18.3 Å². The zero-order valence-corrected chi connectivity index (χ0v) is 22.2. The van der Waals surface area contributed by atoms with Gasteiger partial charge in [-0.15, -0.1) is 0 Å². The van der Waals surface area contributed by atoms with Crippen LogP contribution in [0.3, 0.4) is 0 Å². The second-order valence-electron chi connectivity index (χ2n) is 9.02. The number of para-hydroxylation sites is 1. The number of rotatable bonds is 8. The first-order valence-electron chi connectivity index (χ1n) is 12.4. The number of alkyl halides is 3. The van der Waals surface area contributed by atoms with Crippen molar-refractivity contribution in [1.29, 1.82) is 0 Å². The summed E-state index contributed by atoms with van der Waals surface area (Å²) in [4.78, 5) is 48.3. The predicted octanol–water partition coefficient (Wildman–Crippen LogP) is 6.16. The largest absolute Gasteiger partial charge is 0.416 e. The molecule has 0 fully saturated rings. The Bertz CT molecular complexity index is 1720. The Morgan fingerprint density at radius 1 is 0.860 bits per heavy atom. The van der Waals surface area contributed by atoms with Gasteiger partial charge in [-0.05, 0) is 67.6 Å². The van der Waals surface area contributed by atoms with E-state index in [1.807, 2.05) is 6.92 Å². The molecular formula is C30H21F3N4O6. The first-order valence-corrected chi connectivity index (χ1v) is 12.4. The van der Waals surface area contributed by atoms with Gasteiger partial charge in [0.1, 0.15) is 0 Å². The van der Waals surface area contributed by atoms with Crippen LogP contribution < -0.4 is 15.5 Å². The van der Waals surface area contributed by atoms with E-state index < -0.39 is 45.5 Å². The van der Waals surface area contributed by atoms with Gasteiger partial charge in [-0.25, -0.2) is 10.2 Å². The Balaban J connectivity index is 1.46. The minimum absolute atomic E-state index is 0.107. The Morgan fingerprint density at radius 3 is 2.14 bits per heavy atom. The summed E-state index contributed by atoms with van der Waals surface area (Å²) in [6, 6.07) is 19.9. The fourth-order valence-electron chi connectivity index (χ4n) is 3.71. The maximum atomic E-state index is 13.1. The van der Waals surface area contributed by atoms with Gasteiger partial charge in [0, 0.05) is 28.4 Å². The SMILES string of the molecule is Cc1ccc(C(=O)Nc2ccc(C(=O)N/N=C/c3cccc([N+](=O)[O-])c3OC(=O)c3cccc(C(F)(F)F)c3)cc2)cc1. The summed E-state index contributed by atoms with van der Waals surface area (Å²) in [6.07, 6.45) is -3.74. The molecule has 13 heteroatoms. The van der Waals surface area contributed by atoms with E-state index in [4.69, 9.17) is 4.74 Å². The summed E-state index contributed by atoms with van der Waals surface area (Å²) in [6.45, 7) is 1.90. The molecule has 0 aliphatic rings. The zero-order valence-electron chi connectivity index (χ0n) is 22.2. The molecule has 2 amide bonds. The van der Waals surface area contributed by atoms with Crippen LogP contribution in [-0.4, -0.2) is 28.9 Å². The molecule has 0 unspecified atom stereocenters. The lowest BCUT2D eigenvalue weighted by atomic mass is 10.1. The molecule has 4 aromatic carbocycles. The number of carbonyl (C=O) groups excluding carboxylic acids is 3. The molecule has 2 N–H and O–H groups in total. The van der Waals surface area contributed by atoms with Crippen molar-refractivity contribution in [2.45, 2.75) is 13.1 Å². The van der Waals surface area contributed by atoms with Crippen molar-refractivity contribution >= 4 is 35.4 Å². The van der Waals surface area contributed by atoms with Crippen LogP contribution in [-0.2, 0) is 6.18 Å². The highest BCUT2D eigenvalue weighted by molar-refractivity contribution is 6.04. The number of hydrazone groups is 1. The molecule has 43 heavy (non-hydrogen) atoms. The third-order valence-electron chi connectivity index (χ3n) is 5.93. The zero-order chi connectivity index (χ0) is 31.1. The number of ether oxygens (including phenoxy) is 1. The van der Waals surface area contributed by atoms with Crippen molar-refractivity contribution in [3.05, 3.63) is 134 Å². The molecule has 0 heterocycles. The number of hydrogen-bond donors (Lipinski definition) is 2. The number of benzene rings is 4. The summed E-state index contributed by atoms with van der Waals surface area (Å²) < 4.78 is 44.3.